The normalized spacial score (nSPS) is 11.3. The van der Waals surface area contributed by atoms with Gasteiger partial charge in [-0.15, -0.1) is 0 Å². The van der Waals surface area contributed by atoms with Gasteiger partial charge in [0, 0.05) is 11.6 Å². The van der Waals surface area contributed by atoms with Crippen molar-refractivity contribution in [2.75, 3.05) is 0 Å². The summed E-state index contributed by atoms with van der Waals surface area (Å²) < 4.78 is 48.1. The third-order valence-electron chi connectivity index (χ3n) is 2.31. The fraction of sp³-hybridized carbons (Fsp3) is 0.167. The minimum Gasteiger partial charge on any atom is -0.485 e. The van der Waals surface area contributed by atoms with Crippen molar-refractivity contribution in [3.8, 4) is 5.75 Å². The summed E-state index contributed by atoms with van der Waals surface area (Å²) in [6, 6.07) is 4.57. The van der Waals surface area contributed by atoms with Crippen LogP contribution in [0.4, 0.5) is 13.2 Å². The molecule has 19 heavy (non-hydrogen) atoms. The van der Waals surface area contributed by atoms with Gasteiger partial charge in [-0.2, -0.15) is 13.2 Å². The van der Waals surface area contributed by atoms with Crippen LogP contribution >= 0.6 is 0 Å². The number of alkyl halides is 3. The predicted octanol–water partition coefficient (Wildman–Crippen LogP) is 3.08. The lowest BCUT2D eigenvalue weighted by molar-refractivity contribution is -0.139. The van der Waals surface area contributed by atoms with E-state index in [1.54, 1.807) is 0 Å². The Balaban J connectivity index is 2.26. The Kier molecular flexibility index (Phi) is 3.55. The largest absolute Gasteiger partial charge is 0.485 e. The van der Waals surface area contributed by atoms with Crippen LogP contribution in [-0.4, -0.2) is 11.4 Å². The molecule has 1 heterocycles. The number of rotatable bonds is 4. The number of hydrogen-bond acceptors (Lipinski definition) is 4. The van der Waals surface area contributed by atoms with Crippen molar-refractivity contribution in [1.29, 1.82) is 0 Å². The average molecular weight is 271 g/mol. The molecule has 1 aromatic heterocycles. The second-order valence-electron chi connectivity index (χ2n) is 3.64. The Hall–Kier alpha value is -2.31. The first-order valence-corrected chi connectivity index (χ1v) is 5.19. The second kappa shape index (κ2) is 5.13. The van der Waals surface area contributed by atoms with E-state index in [0.717, 1.165) is 12.1 Å². The second-order valence-corrected chi connectivity index (χ2v) is 3.64. The molecule has 0 N–H and O–H groups in total. The molecule has 0 aliphatic heterocycles. The molecule has 0 bridgehead atoms. The molecule has 0 aliphatic carbocycles. The van der Waals surface area contributed by atoms with Crippen LogP contribution in [-0.2, 0) is 12.8 Å². The highest BCUT2D eigenvalue weighted by Crippen LogP contribution is 2.36. The van der Waals surface area contributed by atoms with Gasteiger partial charge >= 0.3 is 6.18 Å². The maximum Gasteiger partial charge on any atom is 0.419 e. The van der Waals surface area contributed by atoms with E-state index in [4.69, 9.17) is 9.26 Å². The van der Waals surface area contributed by atoms with Gasteiger partial charge in [0.1, 0.15) is 18.6 Å². The highest BCUT2D eigenvalue weighted by atomic mass is 19.4. The lowest BCUT2D eigenvalue weighted by Crippen LogP contribution is -2.09. The molecule has 0 fully saturated rings. The van der Waals surface area contributed by atoms with Crippen molar-refractivity contribution in [1.82, 2.24) is 5.16 Å². The van der Waals surface area contributed by atoms with Crippen LogP contribution in [0.25, 0.3) is 0 Å². The molecule has 7 heteroatoms. The zero-order chi connectivity index (χ0) is 13.9. The summed E-state index contributed by atoms with van der Waals surface area (Å²) in [5.41, 5.74) is -1.07. The van der Waals surface area contributed by atoms with Gasteiger partial charge in [0.25, 0.3) is 0 Å². The van der Waals surface area contributed by atoms with E-state index in [1.165, 1.54) is 18.3 Å². The summed E-state index contributed by atoms with van der Waals surface area (Å²) in [4.78, 5) is 10.5. The van der Waals surface area contributed by atoms with E-state index in [-0.39, 0.29) is 17.9 Å². The Morgan fingerprint density at radius 3 is 2.68 bits per heavy atom. The molecule has 0 amide bonds. The summed E-state index contributed by atoms with van der Waals surface area (Å²) in [5.74, 6) is -0.0675. The molecule has 0 unspecified atom stereocenters. The number of ether oxygens (including phenoxy) is 1. The third-order valence-corrected chi connectivity index (χ3v) is 2.31. The molecule has 1 aromatic carbocycles. The Morgan fingerprint density at radius 2 is 2.11 bits per heavy atom. The first-order valence-electron chi connectivity index (χ1n) is 5.19. The van der Waals surface area contributed by atoms with Crippen molar-refractivity contribution < 1.29 is 27.2 Å². The highest BCUT2D eigenvalue weighted by Gasteiger charge is 2.34. The van der Waals surface area contributed by atoms with Gasteiger partial charge in [0.15, 0.2) is 5.76 Å². The number of benzene rings is 1. The van der Waals surface area contributed by atoms with Gasteiger partial charge < -0.3 is 9.26 Å². The lowest BCUT2D eigenvalue weighted by Gasteiger charge is -2.13. The van der Waals surface area contributed by atoms with Crippen LogP contribution in [0.5, 0.6) is 5.75 Å². The van der Waals surface area contributed by atoms with Crippen LogP contribution in [0, 0.1) is 0 Å². The van der Waals surface area contributed by atoms with Gasteiger partial charge in [-0.05, 0) is 18.2 Å². The lowest BCUT2D eigenvalue weighted by atomic mass is 10.1. The quantitative estimate of drug-likeness (QED) is 0.802. The van der Waals surface area contributed by atoms with Crippen LogP contribution < -0.4 is 4.74 Å². The van der Waals surface area contributed by atoms with E-state index < -0.39 is 11.7 Å². The summed E-state index contributed by atoms with van der Waals surface area (Å²) >= 11 is 0. The van der Waals surface area contributed by atoms with Crippen molar-refractivity contribution in [2.45, 2.75) is 12.8 Å². The van der Waals surface area contributed by atoms with Gasteiger partial charge in [0.2, 0.25) is 0 Å². The molecule has 4 nitrogen and oxygen atoms in total. The van der Waals surface area contributed by atoms with Crippen LogP contribution in [0.3, 0.4) is 0 Å². The van der Waals surface area contributed by atoms with Gasteiger partial charge in [0.05, 0.1) is 11.8 Å². The van der Waals surface area contributed by atoms with Gasteiger partial charge in [-0.25, -0.2) is 0 Å². The highest BCUT2D eigenvalue weighted by molar-refractivity contribution is 5.75. The fourth-order valence-electron chi connectivity index (χ4n) is 1.43. The summed E-state index contributed by atoms with van der Waals surface area (Å²) in [5, 5.41) is 3.41. The smallest absolute Gasteiger partial charge is 0.419 e. The minimum absolute atomic E-state index is 0.0701. The van der Waals surface area contributed by atoms with Crippen molar-refractivity contribution in [3.63, 3.8) is 0 Å². The first-order chi connectivity index (χ1) is 9.00. The maximum atomic E-state index is 12.8. The Labute approximate surface area is 105 Å². The topological polar surface area (TPSA) is 52.3 Å². The van der Waals surface area contributed by atoms with E-state index in [2.05, 4.69) is 5.16 Å². The van der Waals surface area contributed by atoms with E-state index in [9.17, 15) is 18.0 Å². The van der Waals surface area contributed by atoms with Crippen LogP contribution in [0.15, 0.2) is 35.0 Å². The zero-order valence-electron chi connectivity index (χ0n) is 9.48. The van der Waals surface area contributed by atoms with E-state index in [0.29, 0.717) is 12.0 Å². The minimum atomic E-state index is -4.60. The third kappa shape index (κ3) is 3.12. The summed E-state index contributed by atoms with van der Waals surface area (Å²) in [6.45, 7) is -0.177. The predicted molar refractivity (Wildman–Crippen MR) is 57.7 cm³/mol. The number of hydrogen-bond donors (Lipinski definition) is 0. The monoisotopic (exact) mass is 271 g/mol. The SMILES string of the molecule is O=Cc1ccc(OCc2ccno2)c(C(F)(F)F)c1. The number of nitrogens with zero attached hydrogens (tertiary/aromatic N) is 1. The molecule has 0 radical (unpaired) electrons. The molecule has 2 aromatic rings. The Bertz CT molecular complexity index is 564. The maximum absolute atomic E-state index is 12.8. The van der Waals surface area contributed by atoms with Gasteiger partial charge in [-0.3, -0.25) is 4.79 Å². The number of halogens is 3. The summed E-state index contributed by atoms with van der Waals surface area (Å²) in [7, 11) is 0. The van der Waals surface area contributed by atoms with Crippen molar-refractivity contribution in [3.05, 3.63) is 47.3 Å². The molecule has 2 rings (SSSR count). The molecule has 0 atom stereocenters. The van der Waals surface area contributed by atoms with Crippen LogP contribution in [0.2, 0.25) is 0 Å². The standard InChI is InChI=1S/C12H8F3NO3/c13-12(14,15)10-5-8(6-17)1-2-11(10)18-7-9-3-4-16-19-9/h1-6H,7H2. The molecular weight excluding hydrogens is 263 g/mol. The molecule has 0 aliphatic rings. The average Bonchev–Trinajstić information content (AvgIpc) is 2.88. The van der Waals surface area contributed by atoms with E-state index >= 15 is 0 Å². The van der Waals surface area contributed by atoms with Crippen molar-refractivity contribution >= 4 is 6.29 Å². The Morgan fingerprint density at radius 1 is 1.32 bits per heavy atom. The zero-order valence-corrected chi connectivity index (χ0v) is 9.48. The first kappa shape index (κ1) is 13.1. The fourth-order valence-corrected chi connectivity index (χ4v) is 1.43. The molecule has 0 saturated heterocycles. The molecule has 0 saturated carbocycles. The molecule has 0 spiro atoms. The van der Waals surface area contributed by atoms with E-state index in [1.807, 2.05) is 0 Å². The van der Waals surface area contributed by atoms with Gasteiger partial charge in [-0.1, -0.05) is 5.16 Å². The molecular formula is C12H8F3NO3. The number of carbonyl (C=O) groups is 1. The number of aromatic nitrogens is 1. The summed E-state index contributed by atoms with van der Waals surface area (Å²) in [6.07, 6.45) is -2.90. The van der Waals surface area contributed by atoms with Crippen LogP contribution in [0.1, 0.15) is 21.7 Å². The number of carbonyl (C=O) groups excluding carboxylic acids is 1. The van der Waals surface area contributed by atoms with Crippen molar-refractivity contribution in [2.24, 2.45) is 0 Å². The molecule has 100 valence electrons. The number of aldehydes is 1.